The number of hydrogen-bond acceptors (Lipinski definition) is 5. The van der Waals surface area contributed by atoms with Crippen molar-refractivity contribution < 1.29 is 17.4 Å². The van der Waals surface area contributed by atoms with Crippen molar-refractivity contribution in [3.8, 4) is 0 Å². The van der Waals surface area contributed by atoms with Crippen molar-refractivity contribution >= 4 is 27.5 Å². The van der Waals surface area contributed by atoms with E-state index in [-0.39, 0.29) is 23.8 Å². The first-order chi connectivity index (χ1) is 10.3. The maximum Gasteiger partial charge on any atom is 0.297 e. The summed E-state index contributed by atoms with van der Waals surface area (Å²) in [5.41, 5.74) is 1.19. The Morgan fingerprint density at radius 3 is 2.50 bits per heavy atom. The minimum atomic E-state index is -3.84. The molecule has 0 saturated heterocycles. The van der Waals surface area contributed by atoms with E-state index in [0.717, 1.165) is 0 Å². The van der Waals surface area contributed by atoms with Crippen LogP contribution in [0, 0.1) is 6.92 Å². The van der Waals surface area contributed by atoms with E-state index >= 15 is 0 Å². The van der Waals surface area contributed by atoms with Gasteiger partial charge in [-0.1, -0.05) is 11.6 Å². The number of hydrogen-bond donors (Lipinski definition) is 0. The highest BCUT2D eigenvalue weighted by molar-refractivity contribution is 7.86. The molecule has 0 N–H and O–H groups in total. The number of Topliss-reactive ketones (excluding diaryl/α,β-unsaturated/α-hetero) is 1. The van der Waals surface area contributed by atoms with Gasteiger partial charge in [-0.15, -0.1) is 0 Å². The quantitative estimate of drug-likeness (QED) is 0.595. The Balaban J connectivity index is 2.01. The molecular formula is C14H15ClN2O4S. The summed E-state index contributed by atoms with van der Waals surface area (Å²) < 4.78 is 30.5. The van der Waals surface area contributed by atoms with Crippen molar-refractivity contribution in [3.05, 3.63) is 46.7 Å². The molecule has 8 heteroatoms. The molecule has 0 aliphatic carbocycles. The lowest BCUT2D eigenvalue weighted by Crippen LogP contribution is -2.14. The number of ketones is 1. The van der Waals surface area contributed by atoms with Crippen LogP contribution in [-0.4, -0.2) is 30.6 Å². The molecule has 0 spiro atoms. The van der Waals surface area contributed by atoms with E-state index in [2.05, 4.69) is 5.10 Å². The Morgan fingerprint density at radius 1 is 1.32 bits per heavy atom. The molecule has 0 radical (unpaired) electrons. The van der Waals surface area contributed by atoms with Crippen LogP contribution in [0.5, 0.6) is 0 Å². The van der Waals surface area contributed by atoms with Crippen LogP contribution in [0.1, 0.15) is 23.0 Å². The number of carbonyl (C=O) groups excluding carboxylic acids is 1. The lowest BCUT2D eigenvalue weighted by molar-refractivity contribution is 0.101. The first-order valence-corrected chi connectivity index (χ1v) is 8.28. The standard InChI is InChI=1S/C14H15ClN2O4S/c1-10-14(11(2)18)9-16-17(10)7-8-21-22(19,20)13-5-3-12(15)4-6-13/h3-6,9H,7-8H2,1-2H3. The van der Waals surface area contributed by atoms with E-state index < -0.39 is 10.1 Å². The second-order valence-corrected chi connectivity index (χ2v) is 6.70. The highest BCUT2D eigenvalue weighted by Crippen LogP contribution is 2.16. The lowest BCUT2D eigenvalue weighted by Gasteiger charge is -2.07. The molecule has 0 amide bonds. The minimum absolute atomic E-state index is 0.0403. The average Bonchev–Trinajstić information content (AvgIpc) is 2.81. The number of benzene rings is 1. The Morgan fingerprint density at radius 2 is 1.95 bits per heavy atom. The highest BCUT2D eigenvalue weighted by Gasteiger charge is 2.16. The molecule has 0 aliphatic heterocycles. The summed E-state index contributed by atoms with van der Waals surface area (Å²) in [5, 5.41) is 4.49. The summed E-state index contributed by atoms with van der Waals surface area (Å²) in [6.07, 6.45) is 1.46. The van der Waals surface area contributed by atoms with Gasteiger partial charge in [0.2, 0.25) is 0 Å². The second kappa shape index (κ2) is 6.60. The van der Waals surface area contributed by atoms with Gasteiger partial charge in [0.25, 0.3) is 10.1 Å². The van der Waals surface area contributed by atoms with E-state index in [9.17, 15) is 13.2 Å². The second-order valence-electron chi connectivity index (χ2n) is 4.65. The van der Waals surface area contributed by atoms with Gasteiger partial charge in [0.05, 0.1) is 29.8 Å². The molecule has 2 aromatic rings. The lowest BCUT2D eigenvalue weighted by atomic mass is 10.2. The van der Waals surface area contributed by atoms with Crippen LogP contribution >= 0.6 is 11.6 Å². The monoisotopic (exact) mass is 342 g/mol. The largest absolute Gasteiger partial charge is 0.297 e. The zero-order chi connectivity index (χ0) is 16.3. The Labute approximate surface area is 133 Å². The molecule has 0 atom stereocenters. The van der Waals surface area contributed by atoms with Crippen LogP contribution in [0.25, 0.3) is 0 Å². The van der Waals surface area contributed by atoms with E-state index in [4.69, 9.17) is 15.8 Å². The number of nitrogens with zero attached hydrogens (tertiary/aromatic N) is 2. The number of halogens is 1. The van der Waals surface area contributed by atoms with Gasteiger partial charge in [0.15, 0.2) is 5.78 Å². The third kappa shape index (κ3) is 3.73. The number of aromatic nitrogens is 2. The van der Waals surface area contributed by atoms with Gasteiger partial charge in [-0.3, -0.25) is 13.7 Å². The van der Waals surface area contributed by atoms with E-state index in [1.807, 2.05) is 0 Å². The topological polar surface area (TPSA) is 78.3 Å². The van der Waals surface area contributed by atoms with Gasteiger partial charge in [0, 0.05) is 10.7 Å². The molecule has 1 aromatic heterocycles. The van der Waals surface area contributed by atoms with E-state index in [1.165, 1.54) is 42.1 Å². The predicted molar refractivity (Wildman–Crippen MR) is 81.6 cm³/mol. The van der Waals surface area contributed by atoms with Gasteiger partial charge >= 0.3 is 0 Å². The molecule has 0 bridgehead atoms. The molecule has 1 heterocycles. The molecule has 0 unspecified atom stereocenters. The number of carbonyl (C=O) groups is 1. The van der Waals surface area contributed by atoms with Crippen molar-refractivity contribution in [2.45, 2.75) is 25.3 Å². The average molecular weight is 343 g/mol. The van der Waals surface area contributed by atoms with E-state index in [1.54, 1.807) is 6.92 Å². The zero-order valence-corrected chi connectivity index (χ0v) is 13.7. The maximum atomic E-state index is 12.0. The van der Waals surface area contributed by atoms with Gasteiger partial charge in [-0.05, 0) is 38.1 Å². The van der Waals surface area contributed by atoms with Crippen molar-refractivity contribution in [1.82, 2.24) is 9.78 Å². The molecule has 0 saturated carbocycles. The van der Waals surface area contributed by atoms with Crippen LogP contribution < -0.4 is 0 Å². The van der Waals surface area contributed by atoms with Crippen LogP contribution in [0.2, 0.25) is 5.02 Å². The SMILES string of the molecule is CC(=O)c1cnn(CCOS(=O)(=O)c2ccc(Cl)cc2)c1C. The van der Waals surface area contributed by atoms with Crippen LogP contribution in [-0.2, 0) is 20.8 Å². The first-order valence-electron chi connectivity index (χ1n) is 6.49. The fourth-order valence-electron chi connectivity index (χ4n) is 1.92. The third-order valence-corrected chi connectivity index (χ3v) is 4.70. The fourth-order valence-corrected chi connectivity index (χ4v) is 2.95. The van der Waals surface area contributed by atoms with Crippen molar-refractivity contribution in [3.63, 3.8) is 0 Å². The summed E-state index contributed by atoms with van der Waals surface area (Å²) in [6.45, 7) is 3.35. The van der Waals surface area contributed by atoms with Crippen LogP contribution in [0.3, 0.4) is 0 Å². The normalized spacial score (nSPS) is 11.6. The molecule has 1 aromatic carbocycles. The number of rotatable bonds is 6. The molecule has 0 fully saturated rings. The van der Waals surface area contributed by atoms with Crippen molar-refractivity contribution in [2.75, 3.05) is 6.61 Å². The molecular weight excluding hydrogens is 328 g/mol. The van der Waals surface area contributed by atoms with Gasteiger partial charge < -0.3 is 0 Å². The molecule has 0 aliphatic rings. The maximum absolute atomic E-state index is 12.0. The summed E-state index contributed by atoms with van der Waals surface area (Å²) >= 11 is 5.72. The predicted octanol–water partition coefficient (Wildman–Crippen LogP) is 2.45. The Bertz CT molecular complexity index is 782. The first kappa shape index (κ1) is 16.7. The van der Waals surface area contributed by atoms with Gasteiger partial charge in [0.1, 0.15) is 0 Å². The molecule has 6 nitrogen and oxygen atoms in total. The summed E-state index contributed by atoms with van der Waals surface area (Å²) in [5.74, 6) is -0.0848. The van der Waals surface area contributed by atoms with Crippen LogP contribution in [0.15, 0.2) is 35.4 Å². The molecule has 2 rings (SSSR count). The summed E-state index contributed by atoms with van der Waals surface area (Å²) in [7, 11) is -3.84. The summed E-state index contributed by atoms with van der Waals surface area (Å²) in [6, 6.07) is 5.72. The summed E-state index contributed by atoms with van der Waals surface area (Å²) in [4.78, 5) is 11.4. The van der Waals surface area contributed by atoms with Gasteiger partial charge in [-0.25, -0.2) is 0 Å². The van der Waals surface area contributed by atoms with Gasteiger partial charge in [-0.2, -0.15) is 13.5 Å². The fraction of sp³-hybridized carbons (Fsp3) is 0.286. The minimum Gasteiger partial charge on any atom is -0.294 e. The Hall–Kier alpha value is -1.70. The van der Waals surface area contributed by atoms with Crippen molar-refractivity contribution in [2.24, 2.45) is 0 Å². The third-order valence-electron chi connectivity index (χ3n) is 3.13. The molecule has 118 valence electrons. The zero-order valence-electron chi connectivity index (χ0n) is 12.1. The molecule has 22 heavy (non-hydrogen) atoms. The van der Waals surface area contributed by atoms with Crippen LogP contribution in [0.4, 0.5) is 0 Å². The highest BCUT2D eigenvalue weighted by atomic mass is 35.5. The van der Waals surface area contributed by atoms with E-state index in [0.29, 0.717) is 16.3 Å². The smallest absolute Gasteiger partial charge is 0.294 e. The Kier molecular flexibility index (Phi) is 5.00. The van der Waals surface area contributed by atoms with Crippen molar-refractivity contribution in [1.29, 1.82) is 0 Å².